The van der Waals surface area contributed by atoms with Crippen LogP contribution in [0.15, 0.2) is 90.9 Å². The molecule has 6 rings (SSSR count). The molecule has 0 aliphatic heterocycles. The van der Waals surface area contributed by atoms with Crippen molar-refractivity contribution >= 4 is 60.6 Å². The topological polar surface area (TPSA) is 146 Å². The third kappa shape index (κ3) is 4.26. The van der Waals surface area contributed by atoms with E-state index in [9.17, 15) is 0 Å². The lowest BCUT2D eigenvalue weighted by Crippen LogP contribution is -2.11. The van der Waals surface area contributed by atoms with Gasteiger partial charge in [-0.25, -0.2) is 9.97 Å². The van der Waals surface area contributed by atoms with E-state index >= 15 is 0 Å². The van der Waals surface area contributed by atoms with Gasteiger partial charge in [0.25, 0.3) is 0 Å². The number of nitrogens with zero attached hydrogens (tertiary/aromatic N) is 3. The molecular weight excluding hydrogens is 482 g/mol. The van der Waals surface area contributed by atoms with Gasteiger partial charge in [-0.1, -0.05) is 18.7 Å². The van der Waals surface area contributed by atoms with Crippen LogP contribution in [0.1, 0.15) is 5.69 Å². The number of aromatic amines is 2. The standard InChI is InChI=1S/C27H23N9S/c1-15(31-20(13-29)6-8-28)23-11-16-2-3-17(12-24(16)33-23)26-34-22-7-9-37-25(22)27(35-26)32-19-4-5-21-18(10-19)14-30-36-21/h2-14,31,33H,1,28-29H2,(H,30,36)(H,32,34,35)/b8-6-,20-13+. The van der Waals surface area contributed by atoms with E-state index < -0.39 is 0 Å². The van der Waals surface area contributed by atoms with Crippen LogP contribution in [0, 0.1) is 0 Å². The second kappa shape index (κ2) is 9.17. The second-order valence-electron chi connectivity index (χ2n) is 8.40. The summed E-state index contributed by atoms with van der Waals surface area (Å²) >= 11 is 1.61. The normalized spacial score (nSPS) is 12.2. The lowest BCUT2D eigenvalue weighted by molar-refractivity contribution is 1.11. The average molecular weight is 506 g/mol. The molecule has 0 bridgehead atoms. The molecule has 0 atom stereocenters. The predicted octanol–water partition coefficient (Wildman–Crippen LogP) is 5.29. The van der Waals surface area contributed by atoms with Gasteiger partial charge in [-0.3, -0.25) is 5.10 Å². The van der Waals surface area contributed by atoms with E-state index in [1.807, 2.05) is 53.9 Å². The van der Waals surface area contributed by atoms with E-state index in [1.165, 1.54) is 12.4 Å². The monoisotopic (exact) mass is 505 g/mol. The molecule has 0 unspecified atom stereocenters. The Balaban J connectivity index is 1.34. The highest BCUT2D eigenvalue weighted by Gasteiger charge is 2.13. The van der Waals surface area contributed by atoms with Crippen molar-refractivity contribution in [1.82, 2.24) is 30.5 Å². The van der Waals surface area contributed by atoms with Crippen LogP contribution >= 0.6 is 11.3 Å². The predicted molar refractivity (Wildman–Crippen MR) is 152 cm³/mol. The maximum Gasteiger partial charge on any atom is 0.162 e. The zero-order chi connectivity index (χ0) is 25.4. The Labute approximate surface area is 215 Å². The molecule has 0 saturated heterocycles. The van der Waals surface area contributed by atoms with Crippen LogP contribution in [-0.4, -0.2) is 25.1 Å². The number of thiophene rings is 1. The van der Waals surface area contributed by atoms with Crippen LogP contribution in [0.4, 0.5) is 11.5 Å². The van der Waals surface area contributed by atoms with Gasteiger partial charge < -0.3 is 27.1 Å². The summed E-state index contributed by atoms with van der Waals surface area (Å²) in [5.41, 5.74) is 17.9. The van der Waals surface area contributed by atoms with E-state index in [1.54, 1.807) is 23.6 Å². The van der Waals surface area contributed by atoms with Crippen molar-refractivity contribution in [3.8, 4) is 11.4 Å². The molecule has 8 N–H and O–H groups in total. The molecule has 0 spiro atoms. The summed E-state index contributed by atoms with van der Waals surface area (Å²) in [6, 6.07) is 16.2. The molecule has 2 aromatic carbocycles. The van der Waals surface area contributed by atoms with E-state index in [0.29, 0.717) is 17.2 Å². The fraction of sp³-hybridized carbons (Fsp3) is 0. The van der Waals surface area contributed by atoms with Gasteiger partial charge in [0.1, 0.15) is 0 Å². The summed E-state index contributed by atoms with van der Waals surface area (Å²) in [4.78, 5) is 13.1. The number of nitrogens with one attached hydrogen (secondary N) is 4. The van der Waals surface area contributed by atoms with Gasteiger partial charge in [0.2, 0.25) is 0 Å². The Bertz CT molecular complexity index is 1840. The number of nitrogens with two attached hydrogens (primary N) is 2. The molecule has 6 aromatic rings. The van der Waals surface area contributed by atoms with Crippen LogP contribution in [-0.2, 0) is 0 Å². The Kier molecular flexibility index (Phi) is 5.55. The zero-order valence-electron chi connectivity index (χ0n) is 19.6. The highest BCUT2D eigenvalue weighted by atomic mass is 32.1. The van der Waals surface area contributed by atoms with E-state index in [0.717, 1.165) is 54.8 Å². The van der Waals surface area contributed by atoms with Crippen molar-refractivity contribution in [3.05, 3.63) is 96.6 Å². The first-order valence-corrected chi connectivity index (χ1v) is 12.3. The molecule has 9 nitrogen and oxygen atoms in total. The van der Waals surface area contributed by atoms with Gasteiger partial charge in [-0.05, 0) is 54.1 Å². The van der Waals surface area contributed by atoms with Gasteiger partial charge in [0.15, 0.2) is 11.6 Å². The maximum absolute atomic E-state index is 5.65. The fourth-order valence-corrected chi connectivity index (χ4v) is 4.92. The van der Waals surface area contributed by atoms with Gasteiger partial charge in [0, 0.05) is 33.7 Å². The fourth-order valence-electron chi connectivity index (χ4n) is 4.15. The second-order valence-corrected chi connectivity index (χ2v) is 9.31. The lowest BCUT2D eigenvalue weighted by atomic mass is 10.1. The van der Waals surface area contributed by atoms with Crippen molar-refractivity contribution < 1.29 is 0 Å². The van der Waals surface area contributed by atoms with Crippen molar-refractivity contribution in [2.24, 2.45) is 11.5 Å². The van der Waals surface area contributed by atoms with Gasteiger partial charge >= 0.3 is 0 Å². The summed E-state index contributed by atoms with van der Waals surface area (Å²) in [6.45, 7) is 4.11. The van der Waals surface area contributed by atoms with Crippen LogP contribution in [0.25, 0.3) is 49.1 Å². The van der Waals surface area contributed by atoms with Crippen molar-refractivity contribution in [3.63, 3.8) is 0 Å². The van der Waals surface area contributed by atoms with Gasteiger partial charge in [-0.2, -0.15) is 5.10 Å². The minimum Gasteiger partial charge on any atom is -0.405 e. The minimum atomic E-state index is 0.634. The number of benzene rings is 2. The molecule has 0 amide bonds. The van der Waals surface area contributed by atoms with Crippen molar-refractivity contribution in [1.29, 1.82) is 0 Å². The number of hydrogen-bond donors (Lipinski definition) is 6. The van der Waals surface area contributed by atoms with Crippen molar-refractivity contribution in [2.75, 3.05) is 5.32 Å². The number of aromatic nitrogens is 5. The van der Waals surface area contributed by atoms with E-state index in [4.69, 9.17) is 21.4 Å². The van der Waals surface area contributed by atoms with Crippen LogP contribution in [0.3, 0.4) is 0 Å². The van der Waals surface area contributed by atoms with Crippen LogP contribution in [0.5, 0.6) is 0 Å². The SMILES string of the molecule is C=C(NC(/C=C\N)=C/N)c1cc2ccc(-c3nc(Nc4ccc5[nH]ncc5c4)c4sccc4n3)cc2[nH]1. The number of H-pyrrole nitrogens is 2. The Morgan fingerprint density at radius 1 is 1.00 bits per heavy atom. The molecule has 0 saturated carbocycles. The third-order valence-electron chi connectivity index (χ3n) is 5.96. The van der Waals surface area contributed by atoms with Crippen molar-refractivity contribution in [2.45, 2.75) is 0 Å². The highest BCUT2D eigenvalue weighted by molar-refractivity contribution is 7.17. The molecule has 4 aromatic heterocycles. The Hall–Kier alpha value is -5.09. The third-order valence-corrected chi connectivity index (χ3v) is 6.87. The smallest absolute Gasteiger partial charge is 0.162 e. The highest BCUT2D eigenvalue weighted by Crippen LogP contribution is 2.33. The molecule has 10 heteroatoms. The molecule has 182 valence electrons. The number of allylic oxidation sites excluding steroid dienone is 1. The molecule has 0 fully saturated rings. The summed E-state index contributed by atoms with van der Waals surface area (Å²) in [6.07, 6.45) is 6.33. The summed E-state index contributed by atoms with van der Waals surface area (Å²) in [7, 11) is 0. The summed E-state index contributed by atoms with van der Waals surface area (Å²) < 4.78 is 0.997. The van der Waals surface area contributed by atoms with Crippen LogP contribution < -0.4 is 22.1 Å². The summed E-state index contributed by atoms with van der Waals surface area (Å²) in [5.74, 6) is 1.39. The Morgan fingerprint density at radius 3 is 2.78 bits per heavy atom. The number of rotatable bonds is 7. The molecule has 37 heavy (non-hydrogen) atoms. The quantitative estimate of drug-likeness (QED) is 0.162. The molecule has 0 aliphatic carbocycles. The molecule has 4 heterocycles. The first-order chi connectivity index (χ1) is 18.1. The Morgan fingerprint density at radius 2 is 1.92 bits per heavy atom. The molecule has 0 radical (unpaired) electrons. The maximum atomic E-state index is 5.65. The number of hydrogen-bond acceptors (Lipinski definition) is 8. The van der Waals surface area contributed by atoms with Gasteiger partial charge in [-0.15, -0.1) is 11.3 Å². The van der Waals surface area contributed by atoms with E-state index in [-0.39, 0.29) is 0 Å². The first-order valence-electron chi connectivity index (χ1n) is 11.5. The number of anilines is 2. The first kappa shape index (κ1) is 22.4. The van der Waals surface area contributed by atoms with Gasteiger partial charge in [0.05, 0.1) is 39.0 Å². The average Bonchev–Trinajstić information content (AvgIpc) is 3.66. The van der Waals surface area contributed by atoms with E-state index in [2.05, 4.69) is 32.4 Å². The molecular formula is C27H23N9S. The number of fused-ring (bicyclic) bond motifs is 3. The zero-order valence-corrected chi connectivity index (χ0v) is 20.4. The minimum absolute atomic E-state index is 0.634. The van der Waals surface area contributed by atoms with Crippen LogP contribution in [0.2, 0.25) is 0 Å². The summed E-state index contributed by atoms with van der Waals surface area (Å²) in [5, 5.41) is 17.8. The molecule has 0 aliphatic rings. The largest absolute Gasteiger partial charge is 0.405 e. The lowest BCUT2D eigenvalue weighted by Gasteiger charge is -2.09.